The molecule has 5 unspecified atom stereocenters. The van der Waals surface area contributed by atoms with E-state index in [9.17, 15) is 0 Å². The number of benzene rings is 1. The van der Waals surface area contributed by atoms with E-state index in [0.29, 0.717) is 5.92 Å². The number of hydrogen-bond donors (Lipinski definition) is 4. The van der Waals surface area contributed by atoms with Gasteiger partial charge in [-0.2, -0.15) is 0 Å². The highest BCUT2D eigenvalue weighted by atomic mass is 35.5. The first kappa shape index (κ1) is 21.0. The van der Waals surface area contributed by atoms with Crippen molar-refractivity contribution < 1.29 is 4.74 Å². The molecule has 2 fully saturated rings. The molecule has 152 valence electrons. The van der Waals surface area contributed by atoms with Crippen LogP contribution < -0.4 is 21.3 Å². The van der Waals surface area contributed by atoms with Crippen molar-refractivity contribution in [2.24, 2.45) is 5.92 Å². The second-order valence-corrected chi connectivity index (χ2v) is 8.60. The number of ether oxygens (including phenoxy) is 1. The molecule has 2 heterocycles. The van der Waals surface area contributed by atoms with Gasteiger partial charge in [0.2, 0.25) is 0 Å². The fraction of sp³-hybridized carbons (Fsp3) is 0.714. The van der Waals surface area contributed by atoms with Crippen molar-refractivity contribution in [3.8, 4) is 0 Å². The second kappa shape index (κ2) is 9.68. The summed E-state index contributed by atoms with van der Waals surface area (Å²) in [4.78, 5) is -0.320. The molecule has 5 atom stereocenters. The fourth-order valence-electron chi connectivity index (χ4n) is 4.17. The zero-order chi connectivity index (χ0) is 19.3. The zero-order valence-corrected chi connectivity index (χ0v) is 17.6. The summed E-state index contributed by atoms with van der Waals surface area (Å²) in [7, 11) is 0. The van der Waals surface area contributed by atoms with Crippen LogP contribution in [0, 0.1) is 5.92 Å². The van der Waals surface area contributed by atoms with E-state index in [-0.39, 0.29) is 23.5 Å². The van der Waals surface area contributed by atoms with E-state index in [1.807, 2.05) is 0 Å². The summed E-state index contributed by atoms with van der Waals surface area (Å²) in [5, 5.41) is 14.0. The van der Waals surface area contributed by atoms with E-state index in [0.717, 1.165) is 39.0 Å². The van der Waals surface area contributed by atoms with Crippen molar-refractivity contribution in [3.05, 3.63) is 35.4 Å². The molecular weight excluding hydrogens is 360 g/mol. The summed E-state index contributed by atoms with van der Waals surface area (Å²) < 4.78 is 5.86. The van der Waals surface area contributed by atoms with Gasteiger partial charge in [0.1, 0.15) is 11.2 Å². The van der Waals surface area contributed by atoms with Gasteiger partial charge < -0.3 is 4.74 Å². The highest BCUT2D eigenvalue weighted by molar-refractivity contribution is 6.23. The van der Waals surface area contributed by atoms with Crippen molar-refractivity contribution in [2.75, 3.05) is 13.2 Å². The normalized spacial score (nSPS) is 32.5. The molecule has 0 saturated carbocycles. The molecule has 5 nitrogen and oxygen atoms in total. The van der Waals surface area contributed by atoms with E-state index in [4.69, 9.17) is 16.3 Å². The maximum Gasteiger partial charge on any atom is 0.134 e. The van der Waals surface area contributed by atoms with Crippen molar-refractivity contribution in [3.63, 3.8) is 0 Å². The van der Waals surface area contributed by atoms with Gasteiger partial charge in [-0.05, 0) is 30.4 Å². The van der Waals surface area contributed by atoms with Crippen LogP contribution >= 0.6 is 11.6 Å². The molecule has 2 aliphatic rings. The van der Waals surface area contributed by atoms with Gasteiger partial charge in [0, 0.05) is 26.2 Å². The van der Waals surface area contributed by atoms with Gasteiger partial charge in [-0.3, -0.25) is 21.3 Å². The first-order valence-electron chi connectivity index (χ1n) is 10.4. The molecule has 0 aromatic heterocycles. The second-order valence-electron chi connectivity index (χ2n) is 7.93. The molecule has 0 radical (unpaired) electrons. The first-order valence-corrected chi connectivity index (χ1v) is 10.8. The third-order valence-corrected chi connectivity index (χ3v) is 6.40. The zero-order valence-electron chi connectivity index (χ0n) is 16.9. The maximum atomic E-state index is 6.99. The van der Waals surface area contributed by atoms with E-state index in [2.05, 4.69) is 66.3 Å². The van der Waals surface area contributed by atoms with Crippen LogP contribution in [-0.2, 0) is 11.3 Å². The Morgan fingerprint density at radius 1 is 1.26 bits per heavy atom. The first-order chi connectivity index (χ1) is 13.0. The van der Waals surface area contributed by atoms with Gasteiger partial charge in [-0.25, -0.2) is 0 Å². The molecule has 0 bridgehead atoms. The van der Waals surface area contributed by atoms with E-state index < -0.39 is 0 Å². The molecule has 0 amide bonds. The van der Waals surface area contributed by atoms with Crippen molar-refractivity contribution in [1.29, 1.82) is 0 Å². The van der Waals surface area contributed by atoms with Crippen LogP contribution in [0.1, 0.15) is 63.8 Å². The number of halogens is 1. The lowest BCUT2D eigenvalue weighted by Gasteiger charge is -2.43. The standard InChI is InChI=1S/C21H35ClN4O/c1-4-6-18(5-2)21(22)11-19(25-14-26-21)23-13-16-7-9-17(10-8-16)20-24-12-15(3)27-20/h7-10,15,18-20,23-26H,4-6,11-14H2,1-3H3. The highest BCUT2D eigenvalue weighted by Crippen LogP contribution is 2.34. The van der Waals surface area contributed by atoms with Crippen LogP contribution in [0.4, 0.5) is 0 Å². The number of nitrogens with one attached hydrogen (secondary N) is 4. The van der Waals surface area contributed by atoms with Crippen molar-refractivity contribution >= 4 is 11.6 Å². The Hall–Kier alpha value is -0.690. The van der Waals surface area contributed by atoms with Crippen molar-refractivity contribution in [1.82, 2.24) is 21.3 Å². The molecule has 2 aliphatic heterocycles. The lowest BCUT2D eigenvalue weighted by atomic mass is 9.87. The molecule has 3 rings (SSSR count). The summed E-state index contributed by atoms with van der Waals surface area (Å²) in [5.74, 6) is 0.496. The van der Waals surface area contributed by atoms with Gasteiger partial charge in [0.15, 0.2) is 0 Å². The minimum atomic E-state index is -0.320. The van der Waals surface area contributed by atoms with Gasteiger partial charge in [-0.1, -0.05) is 51.0 Å². The topological polar surface area (TPSA) is 57.4 Å². The predicted octanol–water partition coefficient (Wildman–Crippen LogP) is 3.41. The third-order valence-electron chi connectivity index (χ3n) is 5.80. The van der Waals surface area contributed by atoms with Crippen LogP contribution in [-0.4, -0.2) is 30.5 Å². The van der Waals surface area contributed by atoms with E-state index in [1.54, 1.807) is 0 Å². The number of alkyl halides is 1. The molecule has 6 heteroatoms. The molecule has 0 spiro atoms. The Balaban J connectivity index is 1.52. The minimum Gasteiger partial charge on any atom is -0.355 e. The molecule has 2 saturated heterocycles. The average molecular weight is 395 g/mol. The molecule has 1 aromatic carbocycles. The van der Waals surface area contributed by atoms with Gasteiger partial charge in [0.25, 0.3) is 0 Å². The molecule has 0 aliphatic carbocycles. The van der Waals surface area contributed by atoms with Crippen LogP contribution in [0.2, 0.25) is 0 Å². The van der Waals surface area contributed by atoms with E-state index >= 15 is 0 Å². The third kappa shape index (κ3) is 5.43. The Kier molecular flexibility index (Phi) is 7.54. The Bertz CT molecular complexity index is 584. The average Bonchev–Trinajstić information content (AvgIpc) is 3.11. The number of rotatable bonds is 8. The molecule has 4 N–H and O–H groups in total. The van der Waals surface area contributed by atoms with Crippen molar-refractivity contribution in [2.45, 2.75) is 76.5 Å². The Morgan fingerprint density at radius 3 is 2.67 bits per heavy atom. The summed E-state index contributed by atoms with van der Waals surface area (Å²) in [6.07, 6.45) is 4.83. The lowest BCUT2D eigenvalue weighted by molar-refractivity contribution is 0.0510. The van der Waals surface area contributed by atoms with Crippen LogP contribution in [0.5, 0.6) is 0 Å². The fourth-order valence-corrected chi connectivity index (χ4v) is 4.66. The maximum absolute atomic E-state index is 6.99. The molecule has 1 aromatic rings. The summed E-state index contributed by atoms with van der Waals surface area (Å²) >= 11 is 6.99. The van der Waals surface area contributed by atoms with E-state index in [1.165, 1.54) is 17.5 Å². The van der Waals surface area contributed by atoms with Crippen LogP contribution in [0.3, 0.4) is 0 Å². The summed E-state index contributed by atoms with van der Waals surface area (Å²) in [6.45, 7) is 9.04. The van der Waals surface area contributed by atoms with Crippen LogP contribution in [0.15, 0.2) is 24.3 Å². The predicted molar refractivity (Wildman–Crippen MR) is 111 cm³/mol. The monoisotopic (exact) mass is 394 g/mol. The molecule has 27 heavy (non-hydrogen) atoms. The van der Waals surface area contributed by atoms with Gasteiger partial charge >= 0.3 is 0 Å². The van der Waals surface area contributed by atoms with Gasteiger partial charge in [-0.15, -0.1) is 11.6 Å². The van der Waals surface area contributed by atoms with Gasteiger partial charge in [0.05, 0.1) is 12.3 Å². The Labute approximate surface area is 169 Å². The summed E-state index contributed by atoms with van der Waals surface area (Å²) in [6, 6.07) is 8.67. The smallest absolute Gasteiger partial charge is 0.134 e. The minimum absolute atomic E-state index is 0.0227. The Morgan fingerprint density at radius 2 is 2.04 bits per heavy atom. The number of hydrogen-bond acceptors (Lipinski definition) is 5. The molecular formula is C21H35ClN4O. The SMILES string of the molecule is CCCC(CC)C1(Cl)CC(NCc2ccc(C3NCC(C)O3)cc2)NCN1. The quantitative estimate of drug-likeness (QED) is 0.402. The summed E-state index contributed by atoms with van der Waals surface area (Å²) in [5.41, 5.74) is 2.46. The van der Waals surface area contributed by atoms with Crippen LogP contribution in [0.25, 0.3) is 0 Å². The lowest BCUT2D eigenvalue weighted by Crippen LogP contribution is -2.62. The highest BCUT2D eigenvalue weighted by Gasteiger charge is 2.39. The largest absolute Gasteiger partial charge is 0.355 e.